The molecule has 1 saturated heterocycles. The highest BCUT2D eigenvalue weighted by Crippen LogP contribution is 2.36. The van der Waals surface area contributed by atoms with Crippen LogP contribution < -0.4 is 20.7 Å². The van der Waals surface area contributed by atoms with E-state index in [2.05, 4.69) is 25.1 Å². The maximum atomic E-state index is 13.3. The fourth-order valence-electron chi connectivity index (χ4n) is 4.88. The number of nitrogens with two attached hydrogens (primary N) is 1. The molecule has 0 bridgehead atoms. The van der Waals surface area contributed by atoms with E-state index in [0.29, 0.717) is 53.7 Å². The standard InChI is InChI=1S/C28H31F3N8O5/c1-27(2,3)44-26(42)38-10-8-37(9-11-38)17-5-7-20(43-28(29,30)31)19(14-17)34-25-33-15-16-4-6-18-22(24(32)41)36-39(12-13-40)23(18)21(16)35-25/h4-7,14-15,40H,8-13H2,1-3H3,(H2,32,41)(H,33,34,35). The number of alkyl halides is 3. The predicted molar refractivity (Wildman–Crippen MR) is 155 cm³/mol. The summed E-state index contributed by atoms with van der Waals surface area (Å²) in [5.74, 6) is -1.32. The number of nitrogens with zero attached hydrogens (tertiary/aromatic N) is 6. The lowest BCUT2D eigenvalue weighted by Gasteiger charge is -2.37. The second kappa shape index (κ2) is 11.7. The number of hydrogen-bond acceptors (Lipinski definition) is 10. The smallest absolute Gasteiger partial charge is 0.444 e. The summed E-state index contributed by atoms with van der Waals surface area (Å²) in [7, 11) is 0. The van der Waals surface area contributed by atoms with Gasteiger partial charge in [-0.25, -0.2) is 14.8 Å². The molecule has 44 heavy (non-hydrogen) atoms. The minimum atomic E-state index is -4.96. The molecule has 2 amide bonds. The van der Waals surface area contributed by atoms with Gasteiger partial charge in [-0.15, -0.1) is 13.2 Å². The van der Waals surface area contributed by atoms with Crippen molar-refractivity contribution < 1.29 is 37.3 Å². The maximum Gasteiger partial charge on any atom is 0.573 e. The Morgan fingerprint density at radius 3 is 2.45 bits per heavy atom. The van der Waals surface area contributed by atoms with Gasteiger partial charge in [0.25, 0.3) is 5.91 Å². The Balaban J connectivity index is 1.47. The number of hydrogen-bond donors (Lipinski definition) is 3. The summed E-state index contributed by atoms with van der Waals surface area (Å²) in [5, 5.41) is 17.5. The predicted octanol–water partition coefficient (Wildman–Crippen LogP) is 3.77. The lowest BCUT2D eigenvalue weighted by molar-refractivity contribution is -0.274. The first-order valence-corrected chi connectivity index (χ1v) is 13.7. The van der Waals surface area contributed by atoms with E-state index in [1.807, 2.05) is 4.90 Å². The van der Waals surface area contributed by atoms with Gasteiger partial charge < -0.3 is 35.4 Å². The topological polar surface area (TPSA) is 161 Å². The highest BCUT2D eigenvalue weighted by Gasteiger charge is 2.33. The van der Waals surface area contributed by atoms with E-state index in [1.54, 1.807) is 37.8 Å². The summed E-state index contributed by atoms with van der Waals surface area (Å²) in [5.41, 5.74) is 6.12. The number of halogens is 3. The number of anilines is 3. The summed E-state index contributed by atoms with van der Waals surface area (Å²) < 4.78 is 51.0. The van der Waals surface area contributed by atoms with Crippen molar-refractivity contribution in [2.75, 3.05) is 43.0 Å². The van der Waals surface area contributed by atoms with E-state index in [1.165, 1.54) is 29.1 Å². The number of aromatic nitrogens is 4. The van der Waals surface area contributed by atoms with Crippen LogP contribution in [0.3, 0.4) is 0 Å². The molecule has 4 aromatic rings. The van der Waals surface area contributed by atoms with Gasteiger partial charge in [0.2, 0.25) is 5.95 Å². The minimum absolute atomic E-state index is 0.0104. The molecule has 5 rings (SSSR count). The molecule has 0 spiro atoms. The third-order valence-corrected chi connectivity index (χ3v) is 6.74. The zero-order valence-electron chi connectivity index (χ0n) is 24.2. The van der Waals surface area contributed by atoms with Crippen molar-refractivity contribution in [2.45, 2.75) is 39.3 Å². The number of fused-ring (bicyclic) bond motifs is 3. The van der Waals surface area contributed by atoms with E-state index in [4.69, 9.17) is 10.5 Å². The summed E-state index contributed by atoms with van der Waals surface area (Å²) in [6.45, 7) is 6.66. The monoisotopic (exact) mass is 616 g/mol. The number of carbonyl (C=O) groups excluding carboxylic acids is 2. The van der Waals surface area contributed by atoms with Gasteiger partial charge in [-0.2, -0.15) is 5.10 Å². The normalized spacial score (nSPS) is 14.2. The lowest BCUT2D eigenvalue weighted by atomic mass is 10.1. The van der Waals surface area contributed by atoms with Gasteiger partial charge in [0.05, 0.1) is 24.4 Å². The number of piperazine rings is 1. The molecule has 1 aliphatic heterocycles. The molecule has 1 aliphatic rings. The lowest BCUT2D eigenvalue weighted by Crippen LogP contribution is -2.50. The Kier molecular flexibility index (Phi) is 8.11. The van der Waals surface area contributed by atoms with Crippen LogP contribution in [-0.2, 0) is 11.3 Å². The van der Waals surface area contributed by atoms with Gasteiger partial charge in [0.15, 0.2) is 11.4 Å². The number of benzene rings is 2. The Bertz CT molecular complexity index is 1710. The van der Waals surface area contributed by atoms with Crippen LogP contribution in [0.4, 0.5) is 35.3 Å². The van der Waals surface area contributed by atoms with Gasteiger partial charge in [-0.1, -0.05) is 6.07 Å². The molecular formula is C28H31F3N8O5. The molecule has 0 radical (unpaired) electrons. The minimum Gasteiger partial charge on any atom is -0.444 e. The Labute approximate surface area is 249 Å². The molecular weight excluding hydrogens is 585 g/mol. The average molecular weight is 617 g/mol. The van der Waals surface area contributed by atoms with E-state index in [-0.39, 0.29) is 30.5 Å². The van der Waals surface area contributed by atoms with E-state index >= 15 is 0 Å². The molecule has 0 aliphatic carbocycles. The van der Waals surface area contributed by atoms with E-state index in [0.717, 1.165) is 0 Å². The van der Waals surface area contributed by atoms with E-state index in [9.17, 15) is 27.9 Å². The van der Waals surface area contributed by atoms with Crippen molar-refractivity contribution in [3.63, 3.8) is 0 Å². The zero-order valence-corrected chi connectivity index (χ0v) is 24.2. The number of carbonyl (C=O) groups is 2. The SMILES string of the molecule is CC(C)(C)OC(=O)N1CCN(c2ccc(OC(F)(F)F)c(Nc3ncc4ccc5c(C(N)=O)nn(CCO)c5c4n3)c2)CC1. The number of rotatable bonds is 7. The fraction of sp³-hybridized carbons (Fsp3) is 0.393. The Morgan fingerprint density at radius 1 is 1.09 bits per heavy atom. The second-order valence-corrected chi connectivity index (χ2v) is 11.1. The summed E-state index contributed by atoms with van der Waals surface area (Å²) >= 11 is 0. The van der Waals surface area contributed by atoms with Crippen LogP contribution >= 0.6 is 0 Å². The Hall–Kier alpha value is -4.86. The molecule has 0 atom stereocenters. The number of primary amides is 1. The second-order valence-electron chi connectivity index (χ2n) is 11.1. The first-order chi connectivity index (χ1) is 20.7. The number of nitrogens with one attached hydrogen (secondary N) is 1. The van der Waals surface area contributed by atoms with Crippen molar-refractivity contribution in [2.24, 2.45) is 5.73 Å². The molecule has 4 N–H and O–H groups in total. The molecule has 16 heteroatoms. The van der Waals surface area contributed by atoms with Crippen molar-refractivity contribution in [3.8, 4) is 5.75 Å². The van der Waals surface area contributed by atoms with Gasteiger partial charge in [0, 0.05) is 48.8 Å². The number of ether oxygens (including phenoxy) is 2. The molecule has 2 aromatic heterocycles. The van der Waals surface area contributed by atoms with Crippen molar-refractivity contribution >= 4 is 51.1 Å². The highest BCUT2D eigenvalue weighted by atomic mass is 19.4. The molecule has 3 heterocycles. The van der Waals surface area contributed by atoms with E-state index < -0.39 is 29.7 Å². The van der Waals surface area contributed by atoms with Crippen molar-refractivity contribution in [1.82, 2.24) is 24.6 Å². The first kappa shape index (κ1) is 30.6. The van der Waals surface area contributed by atoms with Crippen LogP contribution in [0, 0.1) is 0 Å². The summed E-state index contributed by atoms with van der Waals surface area (Å²) in [4.78, 5) is 36.8. The van der Waals surface area contributed by atoms with Gasteiger partial charge in [-0.05, 0) is 45.0 Å². The molecule has 1 fully saturated rings. The first-order valence-electron chi connectivity index (χ1n) is 13.7. The number of aliphatic hydroxyl groups is 1. The van der Waals surface area contributed by atoms with Crippen LogP contribution in [0.2, 0.25) is 0 Å². The molecule has 13 nitrogen and oxygen atoms in total. The fourth-order valence-corrected chi connectivity index (χ4v) is 4.88. The summed E-state index contributed by atoms with van der Waals surface area (Å²) in [6.07, 6.45) is -3.93. The van der Waals surface area contributed by atoms with Crippen LogP contribution in [0.5, 0.6) is 5.75 Å². The average Bonchev–Trinajstić information content (AvgIpc) is 3.32. The molecule has 0 unspecified atom stereocenters. The van der Waals surface area contributed by atoms with Crippen LogP contribution in [0.25, 0.3) is 21.8 Å². The molecule has 0 saturated carbocycles. The van der Waals surface area contributed by atoms with Crippen molar-refractivity contribution in [1.29, 1.82) is 0 Å². The summed E-state index contributed by atoms with van der Waals surface area (Å²) in [6, 6.07) is 7.48. The van der Waals surface area contributed by atoms with Gasteiger partial charge in [0.1, 0.15) is 11.1 Å². The van der Waals surface area contributed by atoms with Gasteiger partial charge >= 0.3 is 12.5 Å². The molecule has 2 aromatic carbocycles. The number of aliphatic hydroxyl groups excluding tert-OH is 1. The zero-order chi connectivity index (χ0) is 31.8. The van der Waals surface area contributed by atoms with Crippen LogP contribution in [0.1, 0.15) is 31.3 Å². The third kappa shape index (κ3) is 6.69. The van der Waals surface area contributed by atoms with Crippen molar-refractivity contribution in [3.05, 3.63) is 42.2 Å². The highest BCUT2D eigenvalue weighted by molar-refractivity contribution is 6.11. The molecule has 234 valence electrons. The third-order valence-electron chi connectivity index (χ3n) is 6.74. The van der Waals surface area contributed by atoms with Gasteiger partial charge in [-0.3, -0.25) is 9.48 Å². The maximum absolute atomic E-state index is 13.3. The largest absolute Gasteiger partial charge is 0.573 e. The van der Waals surface area contributed by atoms with Crippen LogP contribution in [0.15, 0.2) is 36.5 Å². The quantitative estimate of drug-likeness (QED) is 0.279. The van der Waals surface area contributed by atoms with Crippen LogP contribution in [-0.4, -0.2) is 86.5 Å². The Morgan fingerprint density at radius 2 is 1.82 bits per heavy atom. The number of amides is 2.